The molecule has 1 heterocycles. The van der Waals surface area contributed by atoms with Crippen LogP contribution >= 0.6 is 11.6 Å². The number of carbonyl (C=O) groups is 2. The van der Waals surface area contributed by atoms with Gasteiger partial charge in [0.15, 0.2) is 6.10 Å². The van der Waals surface area contributed by atoms with Crippen molar-refractivity contribution < 1.29 is 27.5 Å². The zero-order valence-electron chi connectivity index (χ0n) is 21.7. The first-order valence-electron chi connectivity index (χ1n) is 12.5. The van der Waals surface area contributed by atoms with E-state index in [0.717, 1.165) is 9.87 Å². The van der Waals surface area contributed by atoms with Crippen LogP contribution in [0.5, 0.6) is 11.5 Å². The fourth-order valence-corrected chi connectivity index (χ4v) is 6.00. The molecule has 0 bridgehead atoms. The molecular weight excluding hydrogens is 542 g/mol. The molecule has 0 fully saturated rings. The van der Waals surface area contributed by atoms with Gasteiger partial charge in [0, 0.05) is 13.1 Å². The van der Waals surface area contributed by atoms with Crippen molar-refractivity contribution in [3.05, 3.63) is 83.4 Å². The minimum atomic E-state index is -4.04. The Hall–Kier alpha value is -3.60. The zero-order valence-corrected chi connectivity index (χ0v) is 23.2. The zero-order chi connectivity index (χ0) is 28.0. The van der Waals surface area contributed by atoms with Crippen LogP contribution in [0.4, 0.5) is 5.69 Å². The van der Waals surface area contributed by atoms with Crippen LogP contribution in [0, 0.1) is 0 Å². The molecular formula is C28H30ClN3O6S. The summed E-state index contributed by atoms with van der Waals surface area (Å²) in [7, 11) is -2.61. The number of nitrogens with zero attached hydrogens (tertiary/aromatic N) is 2. The lowest BCUT2D eigenvalue weighted by molar-refractivity contribution is -0.128. The SMILES string of the molecule is CCN(CC(=O)N1CC(C(=O)NCCc2ccccc2)Oc2ccccc21)S(=O)(=O)c1ccc(OC)c(Cl)c1. The van der Waals surface area contributed by atoms with Crippen molar-refractivity contribution in [1.82, 2.24) is 9.62 Å². The quantitative estimate of drug-likeness (QED) is 0.399. The molecule has 3 aromatic rings. The van der Waals surface area contributed by atoms with Crippen molar-refractivity contribution in [1.29, 1.82) is 0 Å². The molecule has 0 spiro atoms. The van der Waals surface area contributed by atoms with Gasteiger partial charge in [-0.25, -0.2) is 8.42 Å². The van der Waals surface area contributed by atoms with Gasteiger partial charge in [0.2, 0.25) is 15.9 Å². The Labute approximate surface area is 233 Å². The molecule has 4 rings (SSSR count). The molecule has 0 saturated carbocycles. The number of methoxy groups -OCH3 is 1. The Kier molecular flexibility index (Phi) is 9.11. The van der Waals surface area contributed by atoms with E-state index in [2.05, 4.69) is 5.32 Å². The molecule has 1 N–H and O–H groups in total. The van der Waals surface area contributed by atoms with E-state index in [4.69, 9.17) is 21.1 Å². The molecule has 9 nitrogen and oxygen atoms in total. The summed E-state index contributed by atoms with van der Waals surface area (Å²) in [6, 6.07) is 20.8. The second-order valence-corrected chi connectivity index (χ2v) is 11.2. The molecule has 11 heteroatoms. The van der Waals surface area contributed by atoms with Crippen LogP contribution in [0.25, 0.3) is 0 Å². The highest BCUT2D eigenvalue weighted by atomic mass is 35.5. The van der Waals surface area contributed by atoms with Crippen molar-refractivity contribution in [2.45, 2.75) is 24.3 Å². The monoisotopic (exact) mass is 571 g/mol. The molecule has 1 aliphatic heterocycles. The minimum Gasteiger partial charge on any atom is -0.495 e. The molecule has 1 atom stereocenters. The van der Waals surface area contributed by atoms with Gasteiger partial charge in [-0.1, -0.05) is 61.0 Å². The number of benzene rings is 3. The first kappa shape index (κ1) is 28.4. The van der Waals surface area contributed by atoms with E-state index < -0.39 is 28.6 Å². The van der Waals surface area contributed by atoms with Crippen LogP contribution in [0.15, 0.2) is 77.7 Å². The van der Waals surface area contributed by atoms with Gasteiger partial charge in [0.1, 0.15) is 11.5 Å². The fourth-order valence-electron chi connectivity index (χ4n) is 4.26. The number of ether oxygens (including phenoxy) is 2. The minimum absolute atomic E-state index is 0.0487. The van der Waals surface area contributed by atoms with Crippen molar-refractivity contribution in [3.8, 4) is 11.5 Å². The summed E-state index contributed by atoms with van der Waals surface area (Å²) in [6.45, 7) is 1.61. The van der Waals surface area contributed by atoms with Gasteiger partial charge in [-0.15, -0.1) is 0 Å². The highest BCUT2D eigenvalue weighted by molar-refractivity contribution is 7.89. The number of carbonyl (C=O) groups excluding carboxylic acids is 2. The predicted molar refractivity (Wildman–Crippen MR) is 149 cm³/mol. The van der Waals surface area contributed by atoms with E-state index in [1.165, 1.54) is 30.2 Å². The molecule has 39 heavy (non-hydrogen) atoms. The fraction of sp³-hybridized carbons (Fsp3) is 0.286. The van der Waals surface area contributed by atoms with Crippen molar-refractivity contribution in [2.75, 3.05) is 38.2 Å². The van der Waals surface area contributed by atoms with Gasteiger partial charge in [0.05, 0.1) is 35.8 Å². The van der Waals surface area contributed by atoms with E-state index in [1.54, 1.807) is 31.2 Å². The summed E-state index contributed by atoms with van der Waals surface area (Å²) in [6.07, 6.45) is -0.302. The highest BCUT2D eigenvalue weighted by Crippen LogP contribution is 2.34. The van der Waals surface area contributed by atoms with Crippen LogP contribution in [0.2, 0.25) is 5.02 Å². The molecule has 0 saturated heterocycles. The molecule has 1 aliphatic rings. The van der Waals surface area contributed by atoms with Crippen LogP contribution in [-0.4, -0.2) is 63.9 Å². The number of amides is 2. The van der Waals surface area contributed by atoms with Crippen LogP contribution in [0.3, 0.4) is 0 Å². The van der Waals surface area contributed by atoms with Gasteiger partial charge in [-0.3, -0.25) is 9.59 Å². The predicted octanol–water partition coefficient (Wildman–Crippen LogP) is 3.51. The molecule has 0 aliphatic carbocycles. The van der Waals surface area contributed by atoms with Crippen LogP contribution in [-0.2, 0) is 26.0 Å². The summed E-state index contributed by atoms with van der Waals surface area (Å²) in [5.74, 6) is -0.134. The third-order valence-corrected chi connectivity index (χ3v) is 8.56. The number of para-hydroxylation sites is 2. The lowest BCUT2D eigenvalue weighted by Gasteiger charge is -2.35. The summed E-state index contributed by atoms with van der Waals surface area (Å²) < 4.78 is 38.8. The van der Waals surface area contributed by atoms with Crippen molar-refractivity contribution in [2.24, 2.45) is 0 Å². The summed E-state index contributed by atoms with van der Waals surface area (Å²) in [5, 5.41) is 3.02. The maximum atomic E-state index is 13.5. The lowest BCUT2D eigenvalue weighted by Crippen LogP contribution is -2.53. The summed E-state index contributed by atoms with van der Waals surface area (Å²) in [4.78, 5) is 27.8. The first-order chi connectivity index (χ1) is 18.7. The number of sulfonamides is 1. The number of likely N-dealkylation sites (N-methyl/N-ethyl adjacent to an activating group) is 1. The van der Waals surface area contributed by atoms with Gasteiger partial charge in [0.25, 0.3) is 5.91 Å². The lowest BCUT2D eigenvalue weighted by atomic mass is 10.1. The largest absolute Gasteiger partial charge is 0.495 e. The highest BCUT2D eigenvalue weighted by Gasteiger charge is 2.35. The maximum absolute atomic E-state index is 13.5. The molecule has 2 amide bonds. The standard InChI is InChI=1S/C28H30ClN3O6S/c1-3-31(39(35,36)21-13-14-24(37-2)22(29)17-21)19-27(33)32-18-26(38-25-12-8-7-11-23(25)32)28(34)30-16-15-20-9-5-4-6-10-20/h4-14,17,26H,3,15-16,18-19H2,1-2H3,(H,30,34). The molecule has 1 unspecified atom stereocenters. The van der Waals surface area contributed by atoms with E-state index in [9.17, 15) is 18.0 Å². The second kappa shape index (κ2) is 12.5. The van der Waals surface area contributed by atoms with E-state index in [0.29, 0.717) is 30.2 Å². The van der Waals surface area contributed by atoms with E-state index in [-0.39, 0.29) is 28.9 Å². The number of nitrogens with one attached hydrogen (secondary N) is 1. The number of rotatable bonds is 10. The molecule has 0 aromatic heterocycles. The Bertz CT molecular complexity index is 1430. The first-order valence-corrected chi connectivity index (χ1v) is 14.3. The van der Waals surface area contributed by atoms with Crippen LogP contribution < -0.4 is 19.7 Å². The Morgan fingerprint density at radius 2 is 1.82 bits per heavy atom. The third kappa shape index (κ3) is 6.52. The van der Waals surface area contributed by atoms with Crippen molar-refractivity contribution >= 4 is 39.1 Å². The Morgan fingerprint density at radius 1 is 1.10 bits per heavy atom. The van der Waals surface area contributed by atoms with Crippen LogP contribution in [0.1, 0.15) is 12.5 Å². The van der Waals surface area contributed by atoms with Gasteiger partial charge >= 0.3 is 0 Å². The third-order valence-electron chi connectivity index (χ3n) is 6.35. The van der Waals surface area contributed by atoms with E-state index >= 15 is 0 Å². The average molecular weight is 572 g/mol. The maximum Gasteiger partial charge on any atom is 0.262 e. The molecule has 3 aromatic carbocycles. The van der Waals surface area contributed by atoms with Gasteiger partial charge < -0.3 is 19.7 Å². The second-order valence-electron chi connectivity index (χ2n) is 8.83. The molecule has 0 radical (unpaired) electrons. The average Bonchev–Trinajstić information content (AvgIpc) is 2.95. The Morgan fingerprint density at radius 3 is 2.51 bits per heavy atom. The number of halogens is 1. The number of hydrogen-bond acceptors (Lipinski definition) is 6. The summed E-state index contributed by atoms with van der Waals surface area (Å²) >= 11 is 6.15. The normalized spacial score (nSPS) is 14.9. The topological polar surface area (TPSA) is 105 Å². The van der Waals surface area contributed by atoms with Gasteiger partial charge in [-0.2, -0.15) is 4.31 Å². The smallest absolute Gasteiger partial charge is 0.262 e. The Balaban J connectivity index is 1.49. The summed E-state index contributed by atoms with van der Waals surface area (Å²) in [5.41, 5.74) is 1.56. The van der Waals surface area contributed by atoms with Gasteiger partial charge in [-0.05, 0) is 42.3 Å². The van der Waals surface area contributed by atoms with E-state index in [1.807, 2.05) is 30.3 Å². The number of hydrogen-bond donors (Lipinski definition) is 1. The van der Waals surface area contributed by atoms with Crippen molar-refractivity contribution in [3.63, 3.8) is 0 Å². The number of fused-ring (bicyclic) bond motifs is 1. The number of anilines is 1. The molecule has 206 valence electrons.